The Kier molecular flexibility index (Phi) is 7.10. The van der Waals surface area contributed by atoms with Crippen molar-refractivity contribution >= 4 is 45.1 Å². The molecule has 5 rings (SSSR count). The van der Waals surface area contributed by atoms with E-state index in [2.05, 4.69) is 24.1 Å². The molecule has 2 aromatic carbocycles. The van der Waals surface area contributed by atoms with Crippen LogP contribution in [0, 0.1) is 12.8 Å². The fraction of sp³-hybridized carbons (Fsp3) is 0.276. The summed E-state index contributed by atoms with van der Waals surface area (Å²) in [7, 11) is 0. The van der Waals surface area contributed by atoms with Gasteiger partial charge in [0, 0.05) is 34.7 Å². The van der Waals surface area contributed by atoms with Gasteiger partial charge in [-0.15, -0.1) is 11.3 Å². The van der Waals surface area contributed by atoms with Gasteiger partial charge in [-0.05, 0) is 60.9 Å². The lowest BCUT2D eigenvalue weighted by Gasteiger charge is -2.29. The van der Waals surface area contributed by atoms with Crippen LogP contribution in [0.25, 0.3) is 21.9 Å². The molecule has 1 unspecified atom stereocenters. The molecule has 2 amide bonds. The number of nitrogens with zero attached hydrogens (tertiary/aromatic N) is 2. The minimum atomic E-state index is -0.754. The molecule has 5 aromatic rings. The highest BCUT2D eigenvalue weighted by Crippen LogP contribution is 2.21. The first-order valence-electron chi connectivity index (χ1n) is 12.3. The molecule has 0 saturated heterocycles. The number of amides is 2. The molecule has 0 aliphatic heterocycles. The zero-order valence-corrected chi connectivity index (χ0v) is 21.9. The predicted molar refractivity (Wildman–Crippen MR) is 144 cm³/mol. The van der Waals surface area contributed by atoms with Crippen molar-refractivity contribution in [3.63, 3.8) is 0 Å². The normalized spacial score (nSPS) is 12.3. The molecule has 7 nitrogen and oxygen atoms in total. The number of hydrogen-bond donors (Lipinski definition) is 1. The van der Waals surface area contributed by atoms with Crippen LogP contribution in [0.5, 0.6) is 0 Å². The number of rotatable bonds is 9. The van der Waals surface area contributed by atoms with Gasteiger partial charge < -0.3 is 19.1 Å². The largest absolute Gasteiger partial charge is 0.464 e. The van der Waals surface area contributed by atoms with Gasteiger partial charge in [0.2, 0.25) is 5.91 Å². The molecule has 0 bridgehead atoms. The SMILES string of the molecule is Cc1nc(CN(CC(C)C)C(=O)C(Cc2ccc3occc3c2)NC(=O)c2ccc3occc3c2)cs1. The highest BCUT2D eigenvalue weighted by atomic mass is 32.1. The smallest absolute Gasteiger partial charge is 0.251 e. The second kappa shape index (κ2) is 10.6. The van der Waals surface area contributed by atoms with Crippen molar-refractivity contribution in [3.8, 4) is 0 Å². The van der Waals surface area contributed by atoms with E-state index in [9.17, 15) is 9.59 Å². The summed E-state index contributed by atoms with van der Waals surface area (Å²) in [6.45, 7) is 7.06. The summed E-state index contributed by atoms with van der Waals surface area (Å²) in [5.74, 6) is -0.185. The Labute approximate surface area is 219 Å². The van der Waals surface area contributed by atoms with E-state index in [0.29, 0.717) is 30.7 Å². The average Bonchev–Trinajstić information content (AvgIpc) is 3.62. The predicted octanol–water partition coefficient (Wildman–Crippen LogP) is 5.97. The molecule has 1 atom stereocenters. The summed E-state index contributed by atoms with van der Waals surface area (Å²) in [6.07, 6.45) is 3.59. The molecule has 8 heteroatoms. The highest BCUT2D eigenvalue weighted by molar-refractivity contribution is 7.09. The van der Waals surface area contributed by atoms with Crippen LogP contribution in [0.15, 0.2) is 75.3 Å². The molecular weight excluding hydrogens is 486 g/mol. The monoisotopic (exact) mass is 515 g/mol. The molecule has 3 heterocycles. The molecule has 0 spiro atoms. The molecule has 1 N–H and O–H groups in total. The van der Waals surface area contributed by atoms with Gasteiger partial charge in [-0.3, -0.25) is 9.59 Å². The minimum Gasteiger partial charge on any atom is -0.464 e. The first-order valence-corrected chi connectivity index (χ1v) is 13.2. The minimum absolute atomic E-state index is 0.135. The van der Waals surface area contributed by atoms with Crippen LogP contribution in [0.1, 0.15) is 40.5 Å². The van der Waals surface area contributed by atoms with Crippen LogP contribution in [-0.2, 0) is 17.8 Å². The second-order valence-corrected chi connectivity index (χ2v) is 10.7. The van der Waals surface area contributed by atoms with Crippen molar-refractivity contribution in [2.45, 2.75) is 39.8 Å². The lowest BCUT2D eigenvalue weighted by atomic mass is 10.0. The van der Waals surface area contributed by atoms with Gasteiger partial charge in [0.05, 0.1) is 29.8 Å². The molecule has 0 radical (unpaired) electrons. The Morgan fingerprint density at radius 1 is 1.00 bits per heavy atom. The number of aromatic nitrogens is 1. The molecule has 3 aromatic heterocycles. The summed E-state index contributed by atoms with van der Waals surface area (Å²) in [4.78, 5) is 33.7. The van der Waals surface area contributed by atoms with Crippen molar-refractivity contribution in [1.82, 2.24) is 15.2 Å². The number of aryl methyl sites for hydroxylation is 1. The van der Waals surface area contributed by atoms with Crippen LogP contribution in [0.3, 0.4) is 0 Å². The van der Waals surface area contributed by atoms with Crippen LogP contribution in [-0.4, -0.2) is 34.3 Å². The standard InChI is InChI=1S/C29H29N3O4S/c1-18(2)15-32(16-24-17-37-19(3)30-24)29(34)25(13-20-4-6-26-21(12-20)8-10-35-26)31-28(33)23-5-7-27-22(14-23)9-11-36-27/h4-12,14,17-18,25H,13,15-16H2,1-3H3,(H,31,33). The van der Waals surface area contributed by atoms with Crippen LogP contribution in [0.2, 0.25) is 0 Å². The van der Waals surface area contributed by atoms with E-state index in [1.165, 1.54) is 0 Å². The Balaban J connectivity index is 1.44. The summed E-state index contributed by atoms with van der Waals surface area (Å²) >= 11 is 1.56. The van der Waals surface area contributed by atoms with E-state index >= 15 is 0 Å². The number of benzene rings is 2. The number of nitrogens with one attached hydrogen (secondary N) is 1. The quantitative estimate of drug-likeness (QED) is 0.261. The lowest BCUT2D eigenvalue weighted by Crippen LogP contribution is -2.50. The van der Waals surface area contributed by atoms with Crippen molar-refractivity contribution in [2.75, 3.05) is 6.54 Å². The third-order valence-corrected chi connectivity index (χ3v) is 7.01. The summed E-state index contributed by atoms with van der Waals surface area (Å²) in [5.41, 5.74) is 3.75. The van der Waals surface area contributed by atoms with Crippen LogP contribution >= 0.6 is 11.3 Å². The molecule has 190 valence electrons. The zero-order valence-electron chi connectivity index (χ0n) is 21.1. The van der Waals surface area contributed by atoms with Crippen LogP contribution in [0.4, 0.5) is 0 Å². The van der Waals surface area contributed by atoms with Crippen molar-refractivity contribution in [3.05, 3.63) is 88.3 Å². The average molecular weight is 516 g/mol. The second-order valence-electron chi connectivity index (χ2n) is 9.67. The van der Waals surface area contributed by atoms with E-state index in [4.69, 9.17) is 8.83 Å². The maximum atomic E-state index is 14.0. The van der Waals surface area contributed by atoms with Crippen LogP contribution < -0.4 is 5.32 Å². The highest BCUT2D eigenvalue weighted by Gasteiger charge is 2.28. The van der Waals surface area contributed by atoms with Gasteiger partial charge >= 0.3 is 0 Å². The van der Waals surface area contributed by atoms with E-state index < -0.39 is 6.04 Å². The van der Waals surface area contributed by atoms with Gasteiger partial charge in [0.1, 0.15) is 17.2 Å². The van der Waals surface area contributed by atoms with E-state index in [0.717, 1.165) is 32.6 Å². The Morgan fingerprint density at radius 2 is 1.70 bits per heavy atom. The molecule has 37 heavy (non-hydrogen) atoms. The summed E-state index contributed by atoms with van der Waals surface area (Å²) < 4.78 is 10.9. The van der Waals surface area contributed by atoms with E-state index in [-0.39, 0.29) is 17.7 Å². The van der Waals surface area contributed by atoms with E-state index in [1.54, 1.807) is 47.0 Å². The number of hydrogen-bond acceptors (Lipinski definition) is 6. The molecule has 0 aliphatic carbocycles. The summed E-state index contributed by atoms with van der Waals surface area (Å²) in [5, 5.41) is 7.75. The maximum Gasteiger partial charge on any atom is 0.251 e. The first-order chi connectivity index (χ1) is 17.9. The maximum absolute atomic E-state index is 14.0. The lowest BCUT2D eigenvalue weighted by molar-refractivity contribution is -0.134. The Morgan fingerprint density at radius 3 is 2.38 bits per heavy atom. The first kappa shape index (κ1) is 24.8. The number of carbonyl (C=O) groups excluding carboxylic acids is 2. The fourth-order valence-electron chi connectivity index (χ4n) is 4.50. The number of carbonyl (C=O) groups is 2. The van der Waals surface area contributed by atoms with Crippen molar-refractivity contribution in [1.29, 1.82) is 0 Å². The molecule has 0 fully saturated rings. The molecule has 0 aliphatic rings. The summed E-state index contributed by atoms with van der Waals surface area (Å²) in [6, 6.07) is 14.0. The van der Waals surface area contributed by atoms with Crippen molar-refractivity contribution < 1.29 is 18.4 Å². The van der Waals surface area contributed by atoms with Gasteiger partial charge in [-0.25, -0.2) is 4.98 Å². The number of fused-ring (bicyclic) bond motifs is 2. The number of furan rings is 2. The third kappa shape index (κ3) is 5.75. The molecular formula is C29H29N3O4S. The third-order valence-electron chi connectivity index (χ3n) is 6.19. The van der Waals surface area contributed by atoms with Gasteiger partial charge in [0.25, 0.3) is 5.91 Å². The fourth-order valence-corrected chi connectivity index (χ4v) is 5.10. The Bertz CT molecular complexity index is 1550. The van der Waals surface area contributed by atoms with E-state index in [1.807, 2.05) is 42.6 Å². The Hall–Kier alpha value is -3.91. The molecule has 0 saturated carbocycles. The zero-order chi connectivity index (χ0) is 25.9. The van der Waals surface area contributed by atoms with Gasteiger partial charge in [-0.1, -0.05) is 19.9 Å². The number of thiazole rings is 1. The van der Waals surface area contributed by atoms with Crippen molar-refractivity contribution in [2.24, 2.45) is 5.92 Å². The van der Waals surface area contributed by atoms with Gasteiger partial charge in [-0.2, -0.15) is 0 Å². The van der Waals surface area contributed by atoms with Gasteiger partial charge in [0.15, 0.2) is 0 Å². The topological polar surface area (TPSA) is 88.6 Å².